The summed E-state index contributed by atoms with van der Waals surface area (Å²) in [5.74, 6) is -13.8. The van der Waals surface area contributed by atoms with Gasteiger partial charge in [0.05, 0.1) is 19.3 Å². The fourth-order valence-electron chi connectivity index (χ4n) is 4.32. The molecular formula is C28H46O15. The van der Waals surface area contributed by atoms with E-state index in [4.69, 9.17) is 30.6 Å². The zero-order valence-corrected chi connectivity index (χ0v) is 24.5. The molecule has 0 aromatic heterocycles. The molecule has 43 heavy (non-hydrogen) atoms. The van der Waals surface area contributed by atoms with Gasteiger partial charge in [-0.3, -0.25) is 24.0 Å². The minimum atomic E-state index is -3.16. The molecule has 0 fully saturated rings. The summed E-state index contributed by atoms with van der Waals surface area (Å²) in [4.78, 5) is 76.2. The second kappa shape index (κ2) is 22.0. The van der Waals surface area contributed by atoms with E-state index in [1.54, 1.807) is 0 Å². The molecule has 2 unspecified atom stereocenters. The lowest BCUT2D eigenvalue weighted by Gasteiger charge is -2.27. The van der Waals surface area contributed by atoms with Crippen LogP contribution in [0.3, 0.4) is 0 Å². The predicted octanol–water partition coefficient (Wildman–Crippen LogP) is 2.78. The highest BCUT2D eigenvalue weighted by molar-refractivity contribution is 6.05. The maximum absolute atomic E-state index is 12.2. The van der Waals surface area contributed by atoms with Crippen molar-refractivity contribution in [3.8, 4) is 0 Å². The van der Waals surface area contributed by atoms with Crippen molar-refractivity contribution in [1.82, 2.24) is 0 Å². The third-order valence-corrected chi connectivity index (χ3v) is 6.65. The van der Waals surface area contributed by atoms with Gasteiger partial charge in [-0.15, -0.1) is 0 Å². The molecule has 0 aromatic rings. The Morgan fingerprint density at radius 1 is 0.512 bits per heavy atom. The van der Waals surface area contributed by atoms with E-state index in [1.807, 2.05) is 0 Å². The molecule has 0 aliphatic heterocycles. The van der Waals surface area contributed by atoms with Crippen LogP contribution in [0.25, 0.3) is 0 Å². The quantitative estimate of drug-likeness (QED) is 0.0536. The summed E-state index contributed by atoms with van der Waals surface area (Å²) in [6.45, 7) is 2.20. The molecule has 0 rings (SSSR count). The average molecular weight is 623 g/mol. The molecule has 15 nitrogen and oxygen atoms in total. The molecule has 0 heterocycles. The van der Waals surface area contributed by atoms with Gasteiger partial charge in [-0.1, -0.05) is 84.0 Å². The normalized spacial score (nSPS) is 13.1. The molecule has 0 aliphatic carbocycles. The second-order valence-electron chi connectivity index (χ2n) is 10.5. The highest BCUT2D eigenvalue weighted by Crippen LogP contribution is 2.26. The topological polar surface area (TPSA) is 281 Å². The van der Waals surface area contributed by atoms with Crippen LogP contribution in [-0.4, -0.2) is 93.7 Å². The molecule has 0 spiro atoms. The molecule has 15 heteroatoms. The third kappa shape index (κ3) is 18.5. The summed E-state index contributed by atoms with van der Waals surface area (Å²) >= 11 is 0. The molecule has 0 aliphatic rings. The van der Waals surface area contributed by atoms with Crippen molar-refractivity contribution >= 4 is 41.6 Å². The first-order valence-electron chi connectivity index (χ1n) is 14.3. The smallest absolute Gasteiger partial charge is 0.337 e. The molecule has 2 atom stereocenters. The van der Waals surface area contributed by atoms with Gasteiger partial charge in [-0.25, -0.2) is 9.59 Å². The molecule has 248 valence electrons. The molecule has 0 radical (unpaired) electrons. The minimum Gasteiger partial charge on any atom is -0.481 e. The summed E-state index contributed by atoms with van der Waals surface area (Å²) < 4.78 is 0. The van der Waals surface area contributed by atoms with Gasteiger partial charge in [-0.2, -0.15) is 0 Å². The van der Waals surface area contributed by atoms with Crippen molar-refractivity contribution in [2.45, 2.75) is 127 Å². The van der Waals surface area contributed by atoms with Crippen molar-refractivity contribution in [3.63, 3.8) is 0 Å². The van der Waals surface area contributed by atoms with Crippen LogP contribution in [0.15, 0.2) is 0 Å². The number of Topliss-reactive ketones (excluding diaryl/α,β-unsaturated/α-hetero) is 1. The molecular weight excluding hydrogens is 576 g/mol. The van der Waals surface area contributed by atoms with Gasteiger partial charge in [0.15, 0.2) is 22.9 Å². The number of hydrogen-bond acceptors (Lipinski definition) is 9. The van der Waals surface area contributed by atoms with Gasteiger partial charge in [-0.05, 0) is 6.42 Å². The summed E-state index contributed by atoms with van der Waals surface area (Å²) in [6.07, 6.45) is 10.4. The Balaban J connectivity index is 0. The monoisotopic (exact) mass is 622 g/mol. The van der Waals surface area contributed by atoms with Crippen LogP contribution < -0.4 is 0 Å². The number of ketones is 1. The number of aliphatic carboxylic acids is 6. The first kappa shape index (κ1) is 41.5. The van der Waals surface area contributed by atoms with E-state index in [0.717, 1.165) is 19.3 Å². The van der Waals surface area contributed by atoms with Gasteiger partial charge in [0.1, 0.15) is 0 Å². The number of carbonyl (C=O) groups is 7. The van der Waals surface area contributed by atoms with Crippen LogP contribution in [0.2, 0.25) is 0 Å². The third-order valence-electron chi connectivity index (χ3n) is 6.65. The zero-order chi connectivity index (χ0) is 33.6. The van der Waals surface area contributed by atoms with E-state index >= 15 is 0 Å². The number of hydrogen-bond donors (Lipinski definition) is 8. The van der Waals surface area contributed by atoms with Crippen LogP contribution in [0.4, 0.5) is 0 Å². The molecule has 0 amide bonds. The first-order valence-corrected chi connectivity index (χ1v) is 14.3. The number of carbonyl (C=O) groups excluding carboxylic acids is 1. The van der Waals surface area contributed by atoms with Crippen molar-refractivity contribution in [2.75, 3.05) is 0 Å². The second-order valence-corrected chi connectivity index (χ2v) is 10.5. The van der Waals surface area contributed by atoms with Gasteiger partial charge < -0.3 is 40.9 Å². The maximum atomic E-state index is 12.2. The van der Waals surface area contributed by atoms with Crippen molar-refractivity contribution in [3.05, 3.63) is 0 Å². The van der Waals surface area contributed by atoms with E-state index < -0.39 is 78.0 Å². The number of unbranched alkanes of at least 4 members (excludes halogenated alkanes) is 12. The number of carboxylic acid groups (broad SMARTS) is 6. The largest absolute Gasteiger partial charge is 0.481 e. The van der Waals surface area contributed by atoms with Crippen LogP contribution >= 0.6 is 0 Å². The van der Waals surface area contributed by atoms with Gasteiger partial charge >= 0.3 is 35.8 Å². The van der Waals surface area contributed by atoms with Crippen LogP contribution in [-0.2, 0) is 33.6 Å². The van der Waals surface area contributed by atoms with Gasteiger partial charge in [0.25, 0.3) is 0 Å². The van der Waals surface area contributed by atoms with Crippen molar-refractivity contribution in [2.24, 2.45) is 5.92 Å². The molecule has 8 N–H and O–H groups in total. The Morgan fingerprint density at radius 2 is 0.860 bits per heavy atom. The average Bonchev–Trinajstić information content (AvgIpc) is 2.85. The number of rotatable bonds is 25. The van der Waals surface area contributed by atoms with Crippen LogP contribution in [0.5, 0.6) is 0 Å². The van der Waals surface area contributed by atoms with Gasteiger partial charge in [0, 0.05) is 6.42 Å². The lowest BCUT2D eigenvalue weighted by Crippen LogP contribution is -2.53. The minimum absolute atomic E-state index is 0.204. The number of aliphatic hydroxyl groups is 2. The molecule has 0 bridgehead atoms. The van der Waals surface area contributed by atoms with Crippen molar-refractivity contribution < 1.29 is 74.4 Å². The Hall–Kier alpha value is -3.59. The number of carboxylic acids is 6. The van der Waals surface area contributed by atoms with Crippen LogP contribution in [0.1, 0.15) is 116 Å². The summed E-state index contributed by atoms with van der Waals surface area (Å²) in [5, 5.41) is 71.0. The summed E-state index contributed by atoms with van der Waals surface area (Å²) in [7, 11) is 0. The zero-order valence-electron chi connectivity index (χ0n) is 24.5. The molecule has 0 saturated carbocycles. The SMILES string of the molecule is CCCCCCCCCCCCCCCC(=O)C(C(=O)O)C(O)(CC(=O)O)C(=O)O.O=C(O)CC(O)(CC(=O)O)C(=O)O. The highest BCUT2D eigenvalue weighted by Gasteiger charge is 2.53. The standard InChI is InChI=1S/C22H38O8.C6H8O7/c1-2-3-4-5-6-7-8-9-10-11-12-13-14-15-17(23)19(20(26)27)22(30,21(28)29)16-18(24)25;7-3(8)1-6(13,5(11)12)2-4(9)10/h19,30H,2-16H2,1H3,(H,24,25)(H,26,27)(H,28,29);13H,1-2H2,(H,7,8)(H,9,10)(H,11,12). The molecule has 0 aromatic carbocycles. The van der Waals surface area contributed by atoms with E-state index in [-0.39, 0.29) is 6.42 Å². The van der Waals surface area contributed by atoms with Gasteiger partial charge in [0.2, 0.25) is 0 Å². The predicted molar refractivity (Wildman–Crippen MR) is 148 cm³/mol. The highest BCUT2D eigenvalue weighted by atomic mass is 16.4. The van der Waals surface area contributed by atoms with E-state index in [2.05, 4.69) is 6.92 Å². The first-order chi connectivity index (χ1) is 19.9. The Kier molecular flexibility index (Phi) is 21.3. The summed E-state index contributed by atoms with van der Waals surface area (Å²) in [6, 6.07) is 0. The van der Waals surface area contributed by atoms with Crippen molar-refractivity contribution in [1.29, 1.82) is 0 Å². The fourth-order valence-corrected chi connectivity index (χ4v) is 4.32. The molecule has 0 saturated heterocycles. The maximum Gasteiger partial charge on any atom is 0.337 e. The Morgan fingerprint density at radius 3 is 1.14 bits per heavy atom. The van der Waals surface area contributed by atoms with E-state index in [9.17, 15) is 43.8 Å². The van der Waals surface area contributed by atoms with E-state index in [1.165, 1.54) is 51.4 Å². The Bertz CT molecular complexity index is 913. The lowest BCUT2D eigenvalue weighted by atomic mass is 9.80. The Labute approximate surface area is 249 Å². The lowest BCUT2D eigenvalue weighted by molar-refractivity contribution is -0.181. The summed E-state index contributed by atoms with van der Waals surface area (Å²) in [5.41, 5.74) is -5.90. The fraction of sp³-hybridized carbons (Fsp3) is 0.750. The van der Waals surface area contributed by atoms with Crippen LogP contribution in [0, 0.1) is 5.92 Å². The van der Waals surface area contributed by atoms with E-state index in [0.29, 0.717) is 12.8 Å².